The summed E-state index contributed by atoms with van der Waals surface area (Å²) in [5.41, 5.74) is 0.580. The highest BCUT2D eigenvalue weighted by Crippen LogP contribution is 2.28. The number of halogens is 2. The second-order valence-electron chi connectivity index (χ2n) is 7.72. The molecule has 0 aliphatic rings. The minimum Gasteiger partial charge on any atom is -0.493 e. The third-order valence-electron chi connectivity index (χ3n) is 4.88. The molecule has 0 bridgehead atoms. The van der Waals surface area contributed by atoms with Gasteiger partial charge in [-0.3, -0.25) is 9.59 Å². The molecule has 0 saturated carbocycles. The highest BCUT2D eigenvalue weighted by Gasteiger charge is 2.30. The van der Waals surface area contributed by atoms with Gasteiger partial charge in [0.1, 0.15) is 6.04 Å². The molecule has 0 heterocycles. The molecule has 2 amide bonds. The van der Waals surface area contributed by atoms with Crippen LogP contribution in [0.5, 0.6) is 11.5 Å². The first-order valence-electron chi connectivity index (χ1n) is 10.5. The number of hydrogen-bond donors (Lipinski definition) is 1. The molecule has 0 radical (unpaired) electrons. The molecule has 32 heavy (non-hydrogen) atoms. The number of rotatable bonds is 11. The maximum Gasteiger partial charge on any atom is 0.261 e. The van der Waals surface area contributed by atoms with Crippen LogP contribution in [0.1, 0.15) is 32.8 Å². The highest BCUT2D eigenvalue weighted by atomic mass is 35.5. The van der Waals surface area contributed by atoms with Crippen molar-refractivity contribution in [3.63, 3.8) is 0 Å². The summed E-state index contributed by atoms with van der Waals surface area (Å²) in [7, 11) is 1.53. The Labute approximate surface area is 199 Å². The second kappa shape index (κ2) is 12.6. The van der Waals surface area contributed by atoms with Crippen LogP contribution in [-0.4, -0.2) is 43.0 Å². The quantitative estimate of drug-likeness (QED) is 0.493. The summed E-state index contributed by atoms with van der Waals surface area (Å²) >= 11 is 12.7. The molecule has 174 valence electrons. The molecule has 8 heteroatoms. The van der Waals surface area contributed by atoms with E-state index in [2.05, 4.69) is 5.32 Å². The molecule has 0 saturated heterocycles. The van der Waals surface area contributed by atoms with Crippen molar-refractivity contribution < 1.29 is 19.1 Å². The van der Waals surface area contributed by atoms with Gasteiger partial charge < -0.3 is 19.7 Å². The van der Waals surface area contributed by atoms with Crippen molar-refractivity contribution >= 4 is 35.0 Å². The average Bonchev–Trinajstić information content (AvgIpc) is 2.77. The van der Waals surface area contributed by atoms with Gasteiger partial charge in [0.15, 0.2) is 18.1 Å². The Morgan fingerprint density at radius 2 is 1.66 bits per heavy atom. The Kier molecular flexibility index (Phi) is 10.1. The SMILES string of the molecule is CC[C@H](C(=O)NCC(C)C)N(Cc1c(Cl)cccc1Cl)C(=O)COc1ccccc1OC. The number of benzene rings is 2. The van der Waals surface area contributed by atoms with Gasteiger partial charge in [0, 0.05) is 28.7 Å². The van der Waals surface area contributed by atoms with Gasteiger partial charge in [-0.25, -0.2) is 0 Å². The summed E-state index contributed by atoms with van der Waals surface area (Å²) in [6.45, 7) is 6.21. The zero-order valence-corrected chi connectivity index (χ0v) is 20.4. The Morgan fingerprint density at radius 3 is 2.22 bits per heavy atom. The molecule has 1 atom stereocenters. The van der Waals surface area contributed by atoms with E-state index in [0.717, 1.165) is 0 Å². The molecule has 2 aromatic rings. The van der Waals surface area contributed by atoms with E-state index in [1.807, 2.05) is 26.8 Å². The van der Waals surface area contributed by atoms with Crippen LogP contribution in [0, 0.1) is 5.92 Å². The van der Waals surface area contributed by atoms with E-state index in [1.54, 1.807) is 36.4 Å². The van der Waals surface area contributed by atoms with Crippen LogP contribution in [0.4, 0.5) is 0 Å². The average molecular weight is 481 g/mol. The molecule has 6 nitrogen and oxygen atoms in total. The van der Waals surface area contributed by atoms with Crippen LogP contribution in [0.3, 0.4) is 0 Å². The van der Waals surface area contributed by atoms with Gasteiger partial charge in [0.25, 0.3) is 5.91 Å². The van der Waals surface area contributed by atoms with Crippen LogP contribution in [0.25, 0.3) is 0 Å². The van der Waals surface area contributed by atoms with E-state index in [0.29, 0.717) is 40.1 Å². The van der Waals surface area contributed by atoms with Gasteiger partial charge in [-0.2, -0.15) is 0 Å². The van der Waals surface area contributed by atoms with Gasteiger partial charge in [0.05, 0.1) is 7.11 Å². The summed E-state index contributed by atoms with van der Waals surface area (Å²) in [6.07, 6.45) is 0.423. The first kappa shape index (κ1) is 25.8. The zero-order chi connectivity index (χ0) is 23.7. The predicted octanol–water partition coefficient (Wildman–Crippen LogP) is 4.96. The minimum atomic E-state index is -0.699. The predicted molar refractivity (Wildman–Crippen MR) is 127 cm³/mol. The fourth-order valence-corrected chi connectivity index (χ4v) is 3.67. The molecule has 1 N–H and O–H groups in total. The summed E-state index contributed by atoms with van der Waals surface area (Å²) in [5.74, 6) is 0.653. The molecule has 2 aromatic carbocycles. The third-order valence-corrected chi connectivity index (χ3v) is 5.59. The summed E-state index contributed by atoms with van der Waals surface area (Å²) in [6, 6.07) is 11.5. The van der Waals surface area contributed by atoms with Crippen molar-refractivity contribution in [3.05, 3.63) is 58.1 Å². The highest BCUT2D eigenvalue weighted by molar-refractivity contribution is 6.36. The number of nitrogens with one attached hydrogen (secondary N) is 1. The lowest BCUT2D eigenvalue weighted by Gasteiger charge is -2.31. The van der Waals surface area contributed by atoms with E-state index in [-0.39, 0.29) is 30.9 Å². The van der Waals surface area contributed by atoms with Crippen LogP contribution in [-0.2, 0) is 16.1 Å². The topological polar surface area (TPSA) is 67.9 Å². The fraction of sp³-hybridized carbons (Fsp3) is 0.417. The summed E-state index contributed by atoms with van der Waals surface area (Å²) in [5, 5.41) is 3.77. The van der Waals surface area contributed by atoms with Crippen molar-refractivity contribution in [2.75, 3.05) is 20.3 Å². The van der Waals surface area contributed by atoms with Gasteiger partial charge in [-0.1, -0.05) is 62.2 Å². The van der Waals surface area contributed by atoms with Crippen molar-refractivity contribution in [1.82, 2.24) is 10.2 Å². The van der Waals surface area contributed by atoms with Gasteiger partial charge in [-0.15, -0.1) is 0 Å². The summed E-state index contributed by atoms with van der Waals surface area (Å²) in [4.78, 5) is 27.7. The van der Waals surface area contributed by atoms with E-state index in [1.165, 1.54) is 12.0 Å². The number of methoxy groups -OCH3 is 1. The van der Waals surface area contributed by atoms with Gasteiger partial charge >= 0.3 is 0 Å². The molecule has 0 spiro atoms. The Balaban J connectivity index is 2.29. The van der Waals surface area contributed by atoms with Crippen LogP contribution in [0.2, 0.25) is 10.0 Å². The van der Waals surface area contributed by atoms with Gasteiger partial charge in [-0.05, 0) is 36.6 Å². The van der Waals surface area contributed by atoms with E-state index < -0.39 is 6.04 Å². The van der Waals surface area contributed by atoms with Crippen molar-refractivity contribution in [2.45, 2.75) is 39.8 Å². The lowest BCUT2D eigenvalue weighted by Crippen LogP contribution is -2.50. The first-order valence-corrected chi connectivity index (χ1v) is 11.3. The van der Waals surface area contributed by atoms with E-state index in [4.69, 9.17) is 32.7 Å². The monoisotopic (exact) mass is 480 g/mol. The normalized spacial score (nSPS) is 11.7. The standard InChI is InChI=1S/C24H30Cl2N2O4/c1-5-20(24(30)27-13-16(2)3)28(14-17-18(25)9-8-10-19(17)26)23(29)15-32-22-12-7-6-11-21(22)31-4/h6-12,16,20H,5,13-15H2,1-4H3,(H,27,30)/t20-/m1/s1. The minimum absolute atomic E-state index is 0.0836. The van der Waals surface area contributed by atoms with E-state index in [9.17, 15) is 9.59 Å². The first-order chi connectivity index (χ1) is 15.3. The molecule has 0 aliphatic heterocycles. The van der Waals surface area contributed by atoms with Crippen molar-refractivity contribution in [1.29, 1.82) is 0 Å². The molecule has 2 rings (SSSR count). The van der Waals surface area contributed by atoms with Gasteiger partial charge in [0.2, 0.25) is 5.91 Å². The fourth-order valence-electron chi connectivity index (χ4n) is 3.16. The molecular weight excluding hydrogens is 451 g/mol. The van der Waals surface area contributed by atoms with Crippen LogP contribution >= 0.6 is 23.2 Å². The molecule has 0 unspecified atom stereocenters. The Bertz CT molecular complexity index is 900. The van der Waals surface area contributed by atoms with E-state index >= 15 is 0 Å². The van der Waals surface area contributed by atoms with Crippen molar-refractivity contribution in [2.24, 2.45) is 5.92 Å². The maximum absolute atomic E-state index is 13.3. The number of carbonyl (C=O) groups is 2. The van der Waals surface area contributed by atoms with Crippen molar-refractivity contribution in [3.8, 4) is 11.5 Å². The number of hydrogen-bond acceptors (Lipinski definition) is 4. The number of carbonyl (C=O) groups excluding carboxylic acids is 2. The number of nitrogens with zero attached hydrogens (tertiary/aromatic N) is 1. The number of ether oxygens (including phenoxy) is 2. The molecular formula is C24H30Cl2N2O4. The Hall–Kier alpha value is -2.44. The Morgan fingerprint density at radius 1 is 1.03 bits per heavy atom. The lowest BCUT2D eigenvalue weighted by molar-refractivity contribution is -0.143. The van der Waals surface area contributed by atoms with Crippen LogP contribution in [0.15, 0.2) is 42.5 Å². The largest absolute Gasteiger partial charge is 0.493 e. The third kappa shape index (κ3) is 7.04. The molecule has 0 aromatic heterocycles. The van der Waals surface area contributed by atoms with Crippen LogP contribution < -0.4 is 14.8 Å². The lowest BCUT2D eigenvalue weighted by atomic mass is 10.1. The second-order valence-corrected chi connectivity index (χ2v) is 8.54. The molecule has 0 fully saturated rings. The maximum atomic E-state index is 13.3. The number of amides is 2. The smallest absolute Gasteiger partial charge is 0.261 e. The summed E-state index contributed by atoms with van der Waals surface area (Å²) < 4.78 is 11.0. The zero-order valence-electron chi connectivity index (χ0n) is 18.9. The molecule has 0 aliphatic carbocycles. The number of para-hydroxylation sites is 2.